The predicted molar refractivity (Wildman–Crippen MR) is 132 cm³/mol. The van der Waals surface area contributed by atoms with Gasteiger partial charge >= 0.3 is 0 Å². The Morgan fingerprint density at radius 3 is 1.41 bits per heavy atom. The van der Waals surface area contributed by atoms with E-state index in [1.165, 1.54) is 6.92 Å². The second kappa shape index (κ2) is 15.0. The Morgan fingerprint density at radius 1 is 0.409 bits per heavy atom. The van der Waals surface area contributed by atoms with Crippen LogP contribution in [0.1, 0.15) is 6.92 Å². The van der Waals surface area contributed by atoms with Gasteiger partial charge in [-0.25, -0.2) is 0 Å². The monoisotopic (exact) mass is 650 g/mol. The summed E-state index contributed by atoms with van der Waals surface area (Å²) in [5, 5.41) is 133. The standard InChI is InChI=1S/C24H42O20/c1-5-9(28)11(30)15(34)22(38-5)44-20-10(29)6(2-25)40-24(17(20)36)43-19-8(4-27)41-23(16(35)13(19)32)42-18-7(3-26)39-21(37)14(33)12(18)31/h5-37H,2-4H2,1H3/t5-,6+,7+,8+,9-,10-,11+,12+,13+,14+,15+,16+,17+,18+,19-,20-,21+,22-,23-,24+/m0/s1. The molecule has 0 aromatic rings. The molecule has 0 radical (unpaired) electrons. The molecule has 0 unspecified atom stereocenters. The molecule has 0 aromatic carbocycles. The number of ether oxygens (including phenoxy) is 7. The van der Waals surface area contributed by atoms with Crippen LogP contribution in [0.3, 0.4) is 0 Å². The first-order chi connectivity index (χ1) is 20.7. The van der Waals surface area contributed by atoms with Crippen molar-refractivity contribution in [2.75, 3.05) is 19.8 Å². The molecule has 4 aliphatic rings. The fraction of sp³-hybridized carbons (Fsp3) is 1.00. The molecule has 4 heterocycles. The van der Waals surface area contributed by atoms with E-state index < -0.39 is 143 Å². The third-order valence-electron chi connectivity index (χ3n) is 8.16. The van der Waals surface area contributed by atoms with Gasteiger partial charge in [-0.15, -0.1) is 0 Å². The SMILES string of the molecule is C[C@@H]1O[C@@H](O[C@H]2[C@@H](O)[C@@H](CO)O[C@H](O[C@@H]3[C@H](O)[C@@H](O)[C@H](O[C@H]4[C@H](O)[C@@H](O)[C@H](O)O[C@@H]4CO)O[C@@H]3CO)[C@@H]2O)[C@H](O)[C@H](O)[C@H]1O. The van der Waals surface area contributed by atoms with Gasteiger partial charge in [-0.3, -0.25) is 0 Å². The normalized spacial score (nSPS) is 53.9. The molecule has 44 heavy (non-hydrogen) atoms. The highest BCUT2D eigenvalue weighted by atomic mass is 16.8. The van der Waals surface area contributed by atoms with Crippen molar-refractivity contribution in [3.05, 3.63) is 0 Å². The van der Waals surface area contributed by atoms with Crippen molar-refractivity contribution in [1.29, 1.82) is 0 Å². The average Bonchev–Trinajstić information content (AvgIpc) is 3.01. The number of rotatable bonds is 9. The Hall–Kier alpha value is -0.800. The molecule has 4 rings (SSSR count). The van der Waals surface area contributed by atoms with Gasteiger partial charge in [0.05, 0.1) is 25.9 Å². The summed E-state index contributed by atoms with van der Waals surface area (Å²) in [4.78, 5) is 0. The minimum atomic E-state index is -1.99. The molecule has 4 saturated heterocycles. The van der Waals surface area contributed by atoms with Crippen LogP contribution >= 0.6 is 0 Å². The molecule has 4 aliphatic heterocycles. The van der Waals surface area contributed by atoms with Gasteiger partial charge < -0.3 is 99.5 Å². The number of hydrogen-bond acceptors (Lipinski definition) is 20. The van der Waals surface area contributed by atoms with E-state index in [9.17, 15) is 66.4 Å². The molecule has 13 N–H and O–H groups in total. The molecule has 258 valence electrons. The van der Waals surface area contributed by atoms with Gasteiger partial charge in [-0.2, -0.15) is 0 Å². The third kappa shape index (κ3) is 7.05. The molecule has 4 fully saturated rings. The summed E-state index contributed by atoms with van der Waals surface area (Å²) in [7, 11) is 0. The molecule has 0 aliphatic carbocycles. The van der Waals surface area contributed by atoms with Gasteiger partial charge in [0.15, 0.2) is 25.2 Å². The average molecular weight is 651 g/mol. The van der Waals surface area contributed by atoms with Gasteiger partial charge in [-0.05, 0) is 6.92 Å². The van der Waals surface area contributed by atoms with Crippen molar-refractivity contribution in [2.45, 2.75) is 130 Å². The maximum Gasteiger partial charge on any atom is 0.187 e. The zero-order valence-corrected chi connectivity index (χ0v) is 23.3. The van der Waals surface area contributed by atoms with Crippen LogP contribution in [0, 0.1) is 0 Å². The Balaban J connectivity index is 1.47. The summed E-state index contributed by atoms with van der Waals surface area (Å²) in [5.41, 5.74) is 0. The van der Waals surface area contributed by atoms with E-state index in [1.54, 1.807) is 0 Å². The molecular formula is C24H42O20. The zero-order valence-electron chi connectivity index (χ0n) is 23.3. The van der Waals surface area contributed by atoms with Crippen LogP contribution in [-0.4, -0.2) is 209 Å². The van der Waals surface area contributed by atoms with E-state index in [4.69, 9.17) is 33.2 Å². The van der Waals surface area contributed by atoms with Gasteiger partial charge in [0.1, 0.15) is 91.6 Å². The van der Waals surface area contributed by atoms with Crippen molar-refractivity contribution in [1.82, 2.24) is 0 Å². The molecule has 20 nitrogen and oxygen atoms in total. The van der Waals surface area contributed by atoms with Crippen LogP contribution in [0.4, 0.5) is 0 Å². The lowest BCUT2D eigenvalue weighted by molar-refractivity contribution is -0.387. The molecule has 0 spiro atoms. The second-order valence-corrected chi connectivity index (χ2v) is 11.1. The van der Waals surface area contributed by atoms with Gasteiger partial charge in [0.25, 0.3) is 0 Å². The quantitative estimate of drug-likeness (QED) is 0.110. The minimum absolute atomic E-state index is 0.800. The van der Waals surface area contributed by atoms with Crippen molar-refractivity contribution in [3.63, 3.8) is 0 Å². The molecule has 20 atom stereocenters. The Labute approximate surface area is 249 Å². The van der Waals surface area contributed by atoms with Crippen molar-refractivity contribution >= 4 is 0 Å². The van der Waals surface area contributed by atoms with E-state index in [0.717, 1.165) is 0 Å². The summed E-state index contributed by atoms with van der Waals surface area (Å²) >= 11 is 0. The fourth-order valence-corrected chi connectivity index (χ4v) is 5.48. The van der Waals surface area contributed by atoms with Crippen molar-refractivity contribution < 1.29 is 99.5 Å². The van der Waals surface area contributed by atoms with Gasteiger partial charge in [0.2, 0.25) is 0 Å². The lowest BCUT2D eigenvalue weighted by Gasteiger charge is -2.49. The second-order valence-electron chi connectivity index (χ2n) is 11.1. The maximum absolute atomic E-state index is 11.0. The van der Waals surface area contributed by atoms with E-state index >= 15 is 0 Å². The number of hydrogen-bond donors (Lipinski definition) is 13. The molecule has 0 amide bonds. The molecular weight excluding hydrogens is 608 g/mol. The zero-order chi connectivity index (χ0) is 32.6. The molecule has 20 heteroatoms. The molecule has 0 saturated carbocycles. The van der Waals surface area contributed by atoms with Crippen molar-refractivity contribution in [2.24, 2.45) is 0 Å². The fourth-order valence-electron chi connectivity index (χ4n) is 5.48. The summed E-state index contributed by atoms with van der Waals surface area (Å²) in [6.07, 6.45) is -34.0. The van der Waals surface area contributed by atoms with Crippen molar-refractivity contribution in [3.8, 4) is 0 Å². The van der Waals surface area contributed by atoms with Crippen LogP contribution in [0.5, 0.6) is 0 Å². The highest BCUT2D eigenvalue weighted by Gasteiger charge is 2.55. The lowest BCUT2D eigenvalue weighted by atomic mass is 9.95. The third-order valence-corrected chi connectivity index (χ3v) is 8.16. The highest BCUT2D eigenvalue weighted by molar-refractivity contribution is 4.97. The minimum Gasteiger partial charge on any atom is -0.394 e. The number of aliphatic hydroxyl groups excluding tert-OH is 13. The lowest BCUT2D eigenvalue weighted by Crippen LogP contribution is -2.67. The van der Waals surface area contributed by atoms with Crippen LogP contribution in [0.2, 0.25) is 0 Å². The highest BCUT2D eigenvalue weighted by Crippen LogP contribution is 2.34. The Bertz CT molecular complexity index is 898. The smallest absolute Gasteiger partial charge is 0.187 e. The predicted octanol–water partition coefficient (Wildman–Crippen LogP) is -8.72. The molecule has 0 aromatic heterocycles. The Kier molecular flexibility index (Phi) is 12.3. The van der Waals surface area contributed by atoms with Crippen LogP contribution in [0.25, 0.3) is 0 Å². The van der Waals surface area contributed by atoms with E-state index in [0.29, 0.717) is 0 Å². The van der Waals surface area contributed by atoms with Gasteiger partial charge in [0, 0.05) is 0 Å². The molecule has 0 bridgehead atoms. The first-order valence-corrected chi connectivity index (χ1v) is 14.0. The summed E-state index contributed by atoms with van der Waals surface area (Å²) in [5.74, 6) is 0. The van der Waals surface area contributed by atoms with Crippen LogP contribution in [0.15, 0.2) is 0 Å². The van der Waals surface area contributed by atoms with E-state index in [-0.39, 0.29) is 0 Å². The first kappa shape index (κ1) is 36.0. The summed E-state index contributed by atoms with van der Waals surface area (Å²) in [6.45, 7) is -1.17. The number of aliphatic hydroxyl groups is 13. The van der Waals surface area contributed by atoms with Crippen LogP contribution < -0.4 is 0 Å². The Morgan fingerprint density at radius 2 is 0.841 bits per heavy atom. The van der Waals surface area contributed by atoms with Crippen LogP contribution in [-0.2, 0) is 33.2 Å². The maximum atomic E-state index is 11.0. The van der Waals surface area contributed by atoms with Gasteiger partial charge in [-0.1, -0.05) is 0 Å². The van der Waals surface area contributed by atoms with E-state index in [2.05, 4.69) is 0 Å². The first-order valence-electron chi connectivity index (χ1n) is 14.0. The topological polar surface area (TPSA) is 328 Å². The van der Waals surface area contributed by atoms with E-state index in [1.807, 2.05) is 0 Å². The summed E-state index contributed by atoms with van der Waals surface area (Å²) in [6, 6.07) is 0. The largest absolute Gasteiger partial charge is 0.394 e. The summed E-state index contributed by atoms with van der Waals surface area (Å²) < 4.78 is 37.9.